The van der Waals surface area contributed by atoms with Crippen LogP contribution < -0.4 is 0 Å². The summed E-state index contributed by atoms with van der Waals surface area (Å²) in [6, 6.07) is 3.54. The van der Waals surface area contributed by atoms with Gasteiger partial charge in [-0.25, -0.2) is 0 Å². The molecule has 0 bridgehead atoms. The van der Waals surface area contributed by atoms with E-state index in [9.17, 15) is 4.79 Å². The molecule has 0 aliphatic rings. The average molecular weight is 165 g/mol. The SMILES string of the molecule is CCC(C(=O)O)c1cccnc1. The zero-order chi connectivity index (χ0) is 8.97. The van der Waals surface area contributed by atoms with Gasteiger partial charge in [0.1, 0.15) is 0 Å². The highest BCUT2D eigenvalue weighted by Gasteiger charge is 2.16. The van der Waals surface area contributed by atoms with Gasteiger partial charge in [0.2, 0.25) is 0 Å². The highest BCUT2D eigenvalue weighted by molar-refractivity contribution is 5.75. The number of nitrogens with zero attached hydrogens (tertiary/aromatic N) is 1. The van der Waals surface area contributed by atoms with Crippen molar-refractivity contribution in [2.75, 3.05) is 0 Å². The van der Waals surface area contributed by atoms with Gasteiger partial charge in [0.05, 0.1) is 5.92 Å². The summed E-state index contributed by atoms with van der Waals surface area (Å²) >= 11 is 0. The molecule has 0 aliphatic heterocycles. The largest absolute Gasteiger partial charge is 0.481 e. The second-order valence-electron chi connectivity index (χ2n) is 2.59. The zero-order valence-electron chi connectivity index (χ0n) is 6.90. The molecule has 0 saturated heterocycles. The molecule has 1 rings (SSSR count). The van der Waals surface area contributed by atoms with Gasteiger partial charge in [-0.3, -0.25) is 9.78 Å². The number of carboxylic acids is 1. The lowest BCUT2D eigenvalue weighted by molar-refractivity contribution is -0.138. The number of rotatable bonds is 3. The summed E-state index contributed by atoms with van der Waals surface area (Å²) in [5.74, 6) is -1.20. The highest BCUT2D eigenvalue weighted by atomic mass is 16.4. The molecule has 1 aromatic rings. The zero-order valence-corrected chi connectivity index (χ0v) is 6.90. The number of aliphatic carboxylic acids is 1. The smallest absolute Gasteiger partial charge is 0.311 e. The van der Waals surface area contributed by atoms with Crippen molar-refractivity contribution in [3.8, 4) is 0 Å². The topological polar surface area (TPSA) is 50.2 Å². The first-order chi connectivity index (χ1) is 5.75. The molecule has 0 saturated carbocycles. The first kappa shape index (κ1) is 8.71. The minimum atomic E-state index is -0.787. The van der Waals surface area contributed by atoms with Crippen molar-refractivity contribution in [3.05, 3.63) is 30.1 Å². The summed E-state index contributed by atoms with van der Waals surface area (Å²) in [7, 11) is 0. The maximum Gasteiger partial charge on any atom is 0.311 e. The summed E-state index contributed by atoms with van der Waals surface area (Å²) in [5, 5.41) is 8.80. The van der Waals surface area contributed by atoms with Gasteiger partial charge in [-0.15, -0.1) is 0 Å². The lowest BCUT2D eigenvalue weighted by atomic mass is 9.99. The van der Waals surface area contributed by atoms with E-state index in [1.54, 1.807) is 24.5 Å². The summed E-state index contributed by atoms with van der Waals surface area (Å²) < 4.78 is 0. The minimum absolute atomic E-state index is 0.418. The Balaban J connectivity index is 2.88. The molecule has 0 fully saturated rings. The summed E-state index contributed by atoms with van der Waals surface area (Å²) in [6.45, 7) is 1.85. The molecule has 0 aliphatic carbocycles. The third-order valence-corrected chi connectivity index (χ3v) is 1.79. The Labute approximate surface area is 71.1 Å². The molecular formula is C9H11NO2. The quantitative estimate of drug-likeness (QED) is 0.741. The van der Waals surface area contributed by atoms with Crippen LogP contribution in [0.25, 0.3) is 0 Å². The minimum Gasteiger partial charge on any atom is -0.481 e. The van der Waals surface area contributed by atoms with Gasteiger partial charge in [0.25, 0.3) is 0 Å². The number of hydrogen-bond acceptors (Lipinski definition) is 2. The van der Waals surface area contributed by atoms with Crippen LogP contribution in [0.4, 0.5) is 0 Å². The van der Waals surface area contributed by atoms with Gasteiger partial charge >= 0.3 is 5.97 Å². The predicted molar refractivity (Wildman–Crippen MR) is 44.9 cm³/mol. The van der Waals surface area contributed by atoms with E-state index in [0.717, 1.165) is 5.56 Å². The Bertz CT molecular complexity index is 258. The van der Waals surface area contributed by atoms with Crippen LogP contribution >= 0.6 is 0 Å². The van der Waals surface area contributed by atoms with Crippen LogP contribution in [0, 0.1) is 0 Å². The van der Waals surface area contributed by atoms with Crippen LogP contribution in [0.5, 0.6) is 0 Å². The third kappa shape index (κ3) is 1.81. The number of aromatic nitrogens is 1. The van der Waals surface area contributed by atoms with Gasteiger partial charge in [0.15, 0.2) is 0 Å². The van der Waals surface area contributed by atoms with Gasteiger partial charge in [0, 0.05) is 12.4 Å². The van der Waals surface area contributed by atoms with Crippen molar-refractivity contribution in [1.29, 1.82) is 0 Å². The van der Waals surface area contributed by atoms with Crippen LogP contribution in [0.3, 0.4) is 0 Å². The fourth-order valence-electron chi connectivity index (χ4n) is 1.13. The van der Waals surface area contributed by atoms with E-state index in [4.69, 9.17) is 5.11 Å². The van der Waals surface area contributed by atoms with Gasteiger partial charge in [-0.05, 0) is 18.1 Å². The van der Waals surface area contributed by atoms with Crippen molar-refractivity contribution >= 4 is 5.97 Å². The molecular weight excluding hydrogens is 154 g/mol. The molecule has 64 valence electrons. The average Bonchev–Trinajstić information content (AvgIpc) is 2.07. The molecule has 0 amide bonds. The van der Waals surface area contributed by atoms with E-state index in [1.165, 1.54) is 0 Å². The van der Waals surface area contributed by atoms with E-state index in [2.05, 4.69) is 4.98 Å². The van der Waals surface area contributed by atoms with Crippen LogP contribution in [0.2, 0.25) is 0 Å². The van der Waals surface area contributed by atoms with Gasteiger partial charge < -0.3 is 5.11 Å². The van der Waals surface area contributed by atoms with Crippen LogP contribution in [0.15, 0.2) is 24.5 Å². The molecule has 12 heavy (non-hydrogen) atoms. The Morgan fingerprint density at radius 2 is 2.50 bits per heavy atom. The van der Waals surface area contributed by atoms with Crippen LogP contribution in [0.1, 0.15) is 24.8 Å². The molecule has 3 heteroatoms. The first-order valence-electron chi connectivity index (χ1n) is 3.88. The second kappa shape index (κ2) is 3.85. The van der Waals surface area contributed by atoms with E-state index < -0.39 is 11.9 Å². The normalized spacial score (nSPS) is 12.4. The standard InChI is InChI=1S/C9H11NO2/c1-2-8(9(11)12)7-4-3-5-10-6-7/h3-6,8H,2H2,1H3,(H,11,12). The van der Waals surface area contributed by atoms with Crippen molar-refractivity contribution in [2.24, 2.45) is 0 Å². The van der Waals surface area contributed by atoms with Crippen LogP contribution in [-0.4, -0.2) is 16.1 Å². The second-order valence-corrected chi connectivity index (χ2v) is 2.59. The van der Waals surface area contributed by atoms with E-state index >= 15 is 0 Å². The monoisotopic (exact) mass is 165 g/mol. The Kier molecular flexibility index (Phi) is 2.80. The maximum absolute atomic E-state index is 10.7. The summed E-state index contributed by atoms with van der Waals surface area (Å²) in [4.78, 5) is 14.6. The predicted octanol–water partition coefficient (Wildman–Crippen LogP) is 1.66. The maximum atomic E-state index is 10.7. The van der Waals surface area contributed by atoms with Crippen molar-refractivity contribution < 1.29 is 9.90 Å². The lowest BCUT2D eigenvalue weighted by Gasteiger charge is -2.07. The van der Waals surface area contributed by atoms with Gasteiger partial charge in [-0.2, -0.15) is 0 Å². The molecule has 0 radical (unpaired) electrons. The molecule has 1 heterocycles. The number of pyridine rings is 1. The molecule has 1 unspecified atom stereocenters. The molecule has 1 N–H and O–H groups in total. The van der Waals surface area contributed by atoms with E-state index in [1.807, 2.05) is 6.92 Å². The molecule has 0 spiro atoms. The molecule has 3 nitrogen and oxygen atoms in total. The molecule has 0 aromatic carbocycles. The number of carbonyl (C=O) groups is 1. The lowest BCUT2D eigenvalue weighted by Crippen LogP contribution is -2.10. The summed E-state index contributed by atoms with van der Waals surface area (Å²) in [5.41, 5.74) is 0.771. The summed E-state index contributed by atoms with van der Waals surface area (Å²) in [6.07, 6.45) is 3.83. The Hall–Kier alpha value is -1.38. The highest BCUT2D eigenvalue weighted by Crippen LogP contribution is 2.17. The number of hydrogen-bond donors (Lipinski definition) is 1. The van der Waals surface area contributed by atoms with Gasteiger partial charge in [-0.1, -0.05) is 13.0 Å². The Morgan fingerprint density at radius 3 is 2.92 bits per heavy atom. The molecule has 1 aromatic heterocycles. The number of carboxylic acid groups (broad SMARTS) is 1. The van der Waals surface area contributed by atoms with Crippen molar-refractivity contribution in [1.82, 2.24) is 4.98 Å². The van der Waals surface area contributed by atoms with Crippen LogP contribution in [-0.2, 0) is 4.79 Å². The first-order valence-corrected chi connectivity index (χ1v) is 3.88. The van der Waals surface area contributed by atoms with E-state index in [0.29, 0.717) is 6.42 Å². The fourth-order valence-corrected chi connectivity index (χ4v) is 1.13. The van der Waals surface area contributed by atoms with Crippen molar-refractivity contribution in [2.45, 2.75) is 19.3 Å². The fraction of sp³-hybridized carbons (Fsp3) is 0.333. The Morgan fingerprint density at radius 1 is 1.75 bits per heavy atom. The van der Waals surface area contributed by atoms with E-state index in [-0.39, 0.29) is 0 Å². The third-order valence-electron chi connectivity index (χ3n) is 1.79. The van der Waals surface area contributed by atoms with Crippen molar-refractivity contribution in [3.63, 3.8) is 0 Å². The molecule has 1 atom stereocenters.